The van der Waals surface area contributed by atoms with Gasteiger partial charge in [0.15, 0.2) is 5.78 Å². The van der Waals surface area contributed by atoms with Crippen molar-refractivity contribution in [2.45, 2.75) is 64.9 Å². The van der Waals surface area contributed by atoms with E-state index in [1.54, 1.807) is 11.1 Å². The number of nitrogens with zero attached hydrogens (tertiary/aromatic N) is 3. The first-order valence-corrected chi connectivity index (χ1v) is 13.9. The van der Waals surface area contributed by atoms with Gasteiger partial charge < -0.3 is 14.5 Å². The summed E-state index contributed by atoms with van der Waals surface area (Å²) in [6.07, 6.45) is 14.2. The fraction of sp³-hybridized carbons (Fsp3) is 0.548. The third-order valence-corrected chi connectivity index (χ3v) is 7.52. The summed E-state index contributed by atoms with van der Waals surface area (Å²) in [4.78, 5) is 47.2. The topological polar surface area (TPSA) is 79.8 Å². The highest BCUT2D eigenvalue weighted by atomic mass is 16.6. The molecule has 3 rings (SSSR count). The van der Waals surface area contributed by atoms with Gasteiger partial charge in [0.25, 0.3) is 0 Å². The third-order valence-electron chi connectivity index (χ3n) is 7.52. The molecule has 2 aliphatic rings. The van der Waals surface area contributed by atoms with E-state index in [9.17, 15) is 14.4 Å². The first-order chi connectivity index (χ1) is 18.3. The van der Waals surface area contributed by atoms with Gasteiger partial charge >= 0.3 is 6.09 Å². The number of ketones is 2. The second kappa shape index (κ2) is 14.8. The molecular weight excluding hydrogens is 478 g/mol. The number of piperazine rings is 1. The molecule has 0 unspecified atom stereocenters. The number of ether oxygens (including phenoxy) is 1. The number of carbonyl (C=O) groups is 3. The standard InChI is InChI=1S/C31H43N3O4/c1-23(27-14-8-9-18-32-27)11-10-12-24(2)29-25(3)16-17-26(13-6-5-7-15-28(35)30(29)36)38-31(37)34-21-19-33(4)20-22-34/h8-12,14,16-18,23,25-26,29H,5-7,13,15,19-22H2,1-4H3/b11-10+,17-16+,24-12+/t23-,25-,26+,29+/m0/s1. The van der Waals surface area contributed by atoms with Crippen LogP contribution < -0.4 is 0 Å². The van der Waals surface area contributed by atoms with E-state index in [0.29, 0.717) is 25.9 Å². The molecule has 206 valence electrons. The number of pyridine rings is 1. The molecule has 7 nitrogen and oxygen atoms in total. The van der Waals surface area contributed by atoms with Crippen molar-refractivity contribution in [3.8, 4) is 0 Å². The predicted molar refractivity (Wildman–Crippen MR) is 150 cm³/mol. The summed E-state index contributed by atoms with van der Waals surface area (Å²) in [7, 11) is 2.05. The summed E-state index contributed by atoms with van der Waals surface area (Å²) >= 11 is 0. The molecule has 0 aromatic carbocycles. The molecule has 4 atom stereocenters. The quantitative estimate of drug-likeness (QED) is 0.295. The van der Waals surface area contributed by atoms with Crippen molar-refractivity contribution in [2.75, 3.05) is 33.2 Å². The van der Waals surface area contributed by atoms with Crippen molar-refractivity contribution in [2.24, 2.45) is 11.8 Å². The van der Waals surface area contributed by atoms with Crippen LogP contribution in [-0.4, -0.2) is 71.8 Å². The zero-order chi connectivity index (χ0) is 27.5. The van der Waals surface area contributed by atoms with Crippen LogP contribution in [0.3, 0.4) is 0 Å². The lowest BCUT2D eigenvalue weighted by atomic mass is 9.81. The Morgan fingerprint density at radius 1 is 1.11 bits per heavy atom. The van der Waals surface area contributed by atoms with Crippen molar-refractivity contribution in [3.05, 3.63) is 66.0 Å². The zero-order valence-corrected chi connectivity index (χ0v) is 23.3. The van der Waals surface area contributed by atoms with Crippen LogP contribution in [0.5, 0.6) is 0 Å². The molecule has 0 bridgehead atoms. The third kappa shape index (κ3) is 8.76. The van der Waals surface area contributed by atoms with Gasteiger partial charge in [-0.1, -0.05) is 56.2 Å². The average Bonchev–Trinajstić information content (AvgIpc) is 2.91. The summed E-state index contributed by atoms with van der Waals surface area (Å²) in [5.41, 5.74) is 1.81. The van der Waals surface area contributed by atoms with Crippen LogP contribution in [0, 0.1) is 11.8 Å². The highest BCUT2D eigenvalue weighted by Crippen LogP contribution is 2.26. The lowest BCUT2D eigenvalue weighted by molar-refractivity contribution is -0.139. The Kier molecular flexibility index (Phi) is 11.5. The summed E-state index contributed by atoms with van der Waals surface area (Å²) < 4.78 is 5.89. The molecule has 0 spiro atoms. The SMILES string of the molecule is C/C(=C\C=C\[C@H](C)c1ccccn1)[C@H]1C(=O)C(=O)CCCCC[C@@H](OC(=O)N2CCN(C)CC2)/C=C/[C@@H]1C. The Morgan fingerprint density at radius 2 is 1.87 bits per heavy atom. The van der Waals surface area contributed by atoms with Crippen LogP contribution in [0.2, 0.25) is 0 Å². The van der Waals surface area contributed by atoms with Gasteiger partial charge in [-0.15, -0.1) is 0 Å². The monoisotopic (exact) mass is 521 g/mol. The van der Waals surface area contributed by atoms with Crippen LogP contribution in [0.25, 0.3) is 0 Å². The fourth-order valence-electron chi connectivity index (χ4n) is 4.98. The van der Waals surface area contributed by atoms with Gasteiger partial charge in [0, 0.05) is 50.4 Å². The number of likely N-dealkylation sites (N-methyl/N-ethyl adjacent to an activating group) is 1. The molecule has 0 saturated carbocycles. The molecular formula is C31H43N3O4. The van der Waals surface area contributed by atoms with Crippen molar-refractivity contribution in [1.29, 1.82) is 0 Å². The van der Waals surface area contributed by atoms with Crippen LogP contribution in [0.15, 0.2) is 60.3 Å². The first-order valence-electron chi connectivity index (χ1n) is 13.9. The number of amides is 1. The highest BCUT2D eigenvalue weighted by Gasteiger charge is 2.30. The number of rotatable bonds is 5. The van der Waals surface area contributed by atoms with Crippen molar-refractivity contribution >= 4 is 17.7 Å². The molecule has 0 N–H and O–H groups in total. The maximum Gasteiger partial charge on any atom is 0.410 e. The van der Waals surface area contributed by atoms with E-state index >= 15 is 0 Å². The predicted octanol–water partition coefficient (Wildman–Crippen LogP) is 5.35. The van der Waals surface area contributed by atoms with Crippen molar-refractivity contribution in [1.82, 2.24) is 14.8 Å². The van der Waals surface area contributed by atoms with Crippen LogP contribution in [-0.2, 0) is 14.3 Å². The smallest absolute Gasteiger partial charge is 0.410 e. The van der Waals surface area contributed by atoms with Gasteiger partial charge in [0.2, 0.25) is 5.78 Å². The highest BCUT2D eigenvalue weighted by molar-refractivity contribution is 6.38. The van der Waals surface area contributed by atoms with Crippen LogP contribution in [0.4, 0.5) is 4.79 Å². The summed E-state index contributed by atoms with van der Waals surface area (Å²) in [5, 5.41) is 0. The Hall–Kier alpha value is -3.06. The lowest BCUT2D eigenvalue weighted by Crippen LogP contribution is -2.47. The lowest BCUT2D eigenvalue weighted by Gasteiger charge is -2.32. The Balaban J connectivity index is 1.74. The van der Waals surface area contributed by atoms with Gasteiger partial charge in [-0.3, -0.25) is 14.6 Å². The summed E-state index contributed by atoms with van der Waals surface area (Å²) in [5.74, 6) is -1.28. The van der Waals surface area contributed by atoms with Gasteiger partial charge in [0.05, 0.1) is 5.92 Å². The minimum Gasteiger partial charge on any atom is -0.442 e. The van der Waals surface area contributed by atoms with Gasteiger partial charge in [-0.25, -0.2) is 4.79 Å². The number of hydrogen-bond donors (Lipinski definition) is 0. The fourth-order valence-corrected chi connectivity index (χ4v) is 4.98. The van der Waals surface area contributed by atoms with E-state index < -0.39 is 5.92 Å². The van der Waals surface area contributed by atoms with Crippen LogP contribution in [0.1, 0.15) is 64.5 Å². The number of Topliss-reactive ketones (excluding diaryl/α,β-unsaturated/α-hetero) is 2. The van der Waals surface area contributed by atoms with E-state index in [0.717, 1.165) is 37.2 Å². The van der Waals surface area contributed by atoms with Gasteiger partial charge in [-0.2, -0.15) is 0 Å². The van der Waals surface area contributed by atoms with E-state index in [1.807, 2.05) is 62.4 Å². The van der Waals surface area contributed by atoms with Crippen LogP contribution >= 0.6 is 0 Å². The van der Waals surface area contributed by atoms with E-state index in [2.05, 4.69) is 23.9 Å². The molecule has 1 amide bonds. The normalized spacial score (nSPS) is 26.5. The van der Waals surface area contributed by atoms with Crippen molar-refractivity contribution < 1.29 is 19.1 Å². The molecule has 1 aromatic heterocycles. The minimum atomic E-state index is -0.554. The number of allylic oxidation sites excluding steroid dienone is 5. The average molecular weight is 522 g/mol. The molecule has 1 aromatic rings. The molecule has 1 fully saturated rings. The van der Waals surface area contributed by atoms with E-state index in [-0.39, 0.29) is 42.0 Å². The zero-order valence-electron chi connectivity index (χ0n) is 23.3. The molecule has 2 heterocycles. The largest absolute Gasteiger partial charge is 0.442 e. The Morgan fingerprint density at radius 3 is 2.58 bits per heavy atom. The molecule has 0 radical (unpaired) electrons. The second-order valence-corrected chi connectivity index (χ2v) is 10.7. The number of carbonyl (C=O) groups excluding carboxylic acids is 3. The molecule has 1 aliphatic heterocycles. The van der Waals surface area contributed by atoms with Crippen molar-refractivity contribution in [3.63, 3.8) is 0 Å². The molecule has 7 heteroatoms. The van der Waals surface area contributed by atoms with E-state index in [1.165, 1.54) is 0 Å². The number of hydrogen-bond acceptors (Lipinski definition) is 6. The first kappa shape index (κ1) is 29.5. The van der Waals surface area contributed by atoms with Gasteiger partial charge in [-0.05, 0) is 57.4 Å². The maximum atomic E-state index is 13.3. The number of aromatic nitrogens is 1. The molecule has 38 heavy (non-hydrogen) atoms. The minimum absolute atomic E-state index is 0.127. The molecule has 1 saturated heterocycles. The Labute approximate surface area is 227 Å². The summed E-state index contributed by atoms with van der Waals surface area (Å²) in [6.45, 7) is 8.94. The molecule has 1 aliphatic carbocycles. The van der Waals surface area contributed by atoms with Gasteiger partial charge in [0.1, 0.15) is 6.10 Å². The Bertz CT molecular complexity index is 1020. The summed E-state index contributed by atoms with van der Waals surface area (Å²) in [6, 6.07) is 5.84. The van der Waals surface area contributed by atoms with E-state index in [4.69, 9.17) is 4.74 Å². The second-order valence-electron chi connectivity index (χ2n) is 10.7. The maximum absolute atomic E-state index is 13.3.